The third-order valence-electron chi connectivity index (χ3n) is 7.33. The molecule has 4 bridgehead atoms. The van der Waals surface area contributed by atoms with Gasteiger partial charge in [-0.15, -0.1) is 0 Å². The van der Waals surface area contributed by atoms with E-state index in [0.717, 1.165) is 47.3 Å². The first-order valence-corrected chi connectivity index (χ1v) is 8.10. The fourth-order valence-electron chi connectivity index (χ4n) is 6.99. The fourth-order valence-corrected chi connectivity index (χ4v) is 6.99. The average molecular weight is 228 g/mol. The van der Waals surface area contributed by atoms with Crippen LogP contribution in [0.2, 0.25) is 0 Å². The van der Waals surface area contributed by atoms with Gasteiger partial charge < -0.3 is 0 Å². The van der Waals surface area contributed by atoms with Gasteiger partial charge in [-0.25, -0.2) is 0 Å². The van der Waals surface area contributed by atoms with E-state index >= 15 is 0 Å². The summed E-state index contributed by atoms with van der Waals surface area (Å²) in [5.41, 5.74) is 0. The van der Waals surface area contributed by atoms with Gasteiger partial charge in [-0.1, -0.05) is 37.8 Å². The first-order valence-electron chi connectivity index (χ1n) is 8.10. The molecule has 0 aromatic rings. The Bertz CT molecular complexity index is 362. The van der Waals surface area contributed by atoms with Crippen molar-refractivity contribution >= 4 is 0 Å². The van der Waals surface area contributed by atoms with Crippen molar-refractivity contribution < 1.29 is 0 Å². The number of allylic oxidation sites excluding steroid dienone is 2. The Morgan fingerprint density at radius 3 is 2.18 bits per heavy atom. The molecule has 0 amide bonds. The van der Waals surface area contributed by atoms with Gasteiger partial charge in [-0.05, 0) is 66.6 Å². The lowest BCUT2D eigenvalue weighted by Crippen LogP contribution is -2.33. The summed E-state index contributed by atoms with van der Waals surface area (Å²) in [6.45, 7) is 0. The molecule has 4 saturated carbocycles. The predicted octanol–water partition coefficient (Wildman–Crippen LogP) is 4.27. The molecule has 0 heterocycles. The van der Waals surface area contributed by atoms with E-state index in [9.17, 15) is 0 Å². The van der Waals surface area contributed by atoms with E-state index in [-0.39, 0.29) is 0 Å². The van der Waals surface area contributed by atoms with Gasteiger partial charge >= 0.3 is 0 Å². The quantitative estimate of drug-likeness (QED) is 0.464. The van der Waals surface area contributed by atoms with Gasteiger partial charge in [0.2, 0.25) is 0 Å². The van der Waals surface area contributed by atoms with Crippen LogP contribution in [0.4, 0.5) is 0 Å². The first-order chi connectivity index (χ1) is 8.42. The third kappa shape index (κ3) is 1.11. The van der Waals surface area contributed by atoms with Crippen molar-refractivity contribution in [2.45, 2.75) is 44.9 Å². The average Bonchev–Trinajstić information content (AvgIpc) is 3.13. The summed E-state index contributed by atoms with van der Waals surface area (Å²) < 4.78 is 0. The van der Waals surface area contributed by atoms with E-state index < -0.39 is 0 Å². The van der Waals surface area contributed by atoms with Crippen molar-refractivity contribution in [1.82, 2.24) is 0 Å². The fraction of sp³-hybridized carbons (Fsp3) is 0.882. The summed E-state index contributed by atoms with van der Waals surface area (Å²) >= 11 is 0. The maximum atomic E-state index is 2.60. The number of hydrogen-bond acceptors (Lipinski definition) is 0. The highest BCUT2D eigenvalue weighted by Gasteiger charge is 2.61. The molecule has 0 saturated heterocycles. The molecule has 5 aliphatic rings. The Morgan fingerprint density at radius 2 is 1.35 bits per heavy atom. The maximum absolute atomic E-state index is 2.60. The molecular weight excluding hydrogens is 204 g/mol. The van der Waals surface area contributed by atoms with E-state index in [4.69, 9.17) is 0 Å². The van der Waals surface area contributed by atoms with E-state index in [1.54, 1.807) is 44.9 Å². The van der Waals surface area contributed by atoms with E-state index in [0.29, 0.717) is 0 Å². The molecule has 0 heteroatoms. The molecule has 0 radical (unpaired) electrons. The zero-order valence-electron chi connectivity index (χ0n) is 10.7. The standard InChI is InChI=1S/C17H24/c1-2-4-10(3-1)14-8-13-9-15(14)17-12-6-5-11(7-12)16(13)17/h5-6,10-17H,1-4,7-9H2. The molecule has 0 N–H and O–H groups in total. The smallest absolute Gasteiger partial charge is 0.0194 e. The summed E-state index contributed by atoms with van der Waals surface area (Å²) in [5, 5.41) is 0. The molecule has 0 aromatic heterocycles. The summed E-state index contributed by atoms with van der Waals surface area (Å²) in [5.74, 6) is 8.95. The molecule has 92 valence electrons. The van der Waals surface area contributed by atoms with Crippen LogP contribution in [0.3, 0.4) is 0 Å². The summed E-state index contributed by atoms with van der Waals surface area (Å²) in [6.07, 6.45) is 16.2. The predicted molar refractivity (Wildman–Crippen MR) is 69.4 cm³/mol. The largest absolute Gasteiger partial charge is 0.0848 e. The third-order valence-corrected chi connectivity index (χ3v) is 7.33. The van der Waals surface area contributed by atoms with Gasteiger partial charge in [-0.3, -0.25) is 0 Å². The normalized spacial score (nSPS) is 59.4. The SMILES string of the molecule is C1=CC2CC1C1C3CC(C4CCCC4)C(C3)C21. The van der Waals surface area contributed by atoms with Crippen LogP contribution in [-0.2, 0) is 0 Å². The second-order valence-electron chi connectivity index (χ2n) is 7.71. The van der Waals surface area contributed by atoms with Crippen LogP contribution in [0, 0.1) is 47.3 Å². The van der Waals surface area contributed by atoms with E-state index in [1.807, 2.05) is 0 Å². The van der Waals surface area contributed by atoms with Gasteiger partial charge in [0.15, 0.2) is 0 Å². The minimum absolute atomic E-state index is 1.02. The number of rotatable bonds is 1. The van der Waals surface area contributed by atoms with Gasteiger partial charge in [0.05, 0.1) is 0 Å². The monoisotopic (exact) mass is 228 g/mol. The minimum atomic E-state index is 1.02. The second-order valence-corrected chi connectivity index (χ2v) is 7.71. The summed E-state index contributed by atoms with van der Waals surface area (Å²) in [6, 6.07) is 0. The van der Waals surface area contributed by atoms with Crippen molar-refractivity contribution in [3.63, 3.8) is 0 Å². The molecule has 7 atom stereocenters. The van der Waals surface area contributed by atoms with Gasteiger partial charge in [-0.2, -0.15) is 0 Å². The Balaban J connectivity index is 1.46. The minimum Gasteiger partial charge on any atom is -0.0848 e. The molecule has 0 nitrogen and oxygen atoms in total. The zero-order valence-corrected chi connectivity index (χ0v) is 10.7. The number of hydrogen-bond donors (Lipinski definition) is 0. The van der Waals surface area contributed by atoms with Crippen molar-refractivity contribution in [2.24, 2.45) is 47.3 Å². The second kappa shape index (κ2) is 3.19. The van der Waals surface area contributed by atoms with Crippen molar-refractivity contribution in [3.05, 3.63) is 12.2 Å². The first kappa shape index (κ1) is 9.64. The lowest BCUT2D eigenvalue weighted by molar-refractivity contribution is 0.111. The van der Waals surface area contributed by atoms with E-state index in [1.165, 1.54) is 0 Å². The Kier molecular flexibility index (Phi) is 1.81. The van der Waals surface area contributed by atoms with Crippen LogP contribution in [0.15, 0.2) is 12.2 Å². The van der Waals surface area contributed by atoms with Gasteiger partial charge in [0.1, 0.15) is 0 Å². The van der Waals surface area contributed by atoms with Crippen molar-refractivity contribution in [1.29, 1.82) is 0 Å². The van der Waals surface area contributed by atoms with Crippen molar-refractivity contribution in [2.75, 3.05) is 0 Å². The molecular formula is C17H24. The zero-order chi connectivity index (χ0) is 11.0. The van der Waals surface area contributed by atoms with Crippen LogP contribution >= 0.6 is 0 Å². The highest BCUT2D eigenvalue weighted by atomic mass is 14.7. The summed E-state index contributed by atoms with van der Waals surface area (Å²) in [7, 11) is 0. The molecule has 0 aromatic carbocycles. The van der Waals surface area contributed by atoms with Crippen LogP contribution in [0.1, 0.15) is 44.9 Å². The van der Waals surface area contributed by atoms with Crippen LogP contribution in [-0.4, -0.2) is 0 Å². The molecule has 5 aliphatic carbocycles. The Morgan fingerprint density at radius 1 is 0.647 bits per heavy atom. The lowest BCUT2D eigenvalue weighted by Gasteiger charge is -2.39. The molecule has 0 spiro atoms. The van der Waals surface area contributed by atoms with Gasteiger partial charge in [0, 0.05) is 0 Å². The molecule has 17 heavy (non-hydrogen) atoms. The van der Waals surface area contributed by atoms with Gasteiger partial charge in [0.25, 0.3) is 0 Å². The van der Waals surface area contributed by atoms with E-state index in [2.05, 4.69) is 12.2 Å². The Hall–Kier alpha value is -0.260. The molecule has 5 rings (SSSR count). The highest BCUT2D eigenvalue weighted by Crippen LogP contribution is 2.68. The van der Waals surface area contributed by atoms with Crippen LogP contribution < -0.4 is 0 Å². The lowest BCUT2D eigenvalue weighted by atomic mass is 9.66. The summed E-state index contributed by atoms with van der Waals surface area (Å²) in [4.78, 5) is 0. The van der Waals surface area contributed by atoms with Crippen LogP contribution in [0.25, 0.3) is 0 Å². The topological polar surface area (TPSA) is 0 Å². The molecule has 7 unspecified atom stereocenters. The molecule has 0 aliphatic heterocycles. The highest BCUT2D eigenvalue weighted by molar-refractivity contribution is 5.20. The maximum Gasteiger partial charge on any atom is -0.0194 e. The van der Waals surface area contributed by atoms with Crippen molar-refractivity contribution in [3.8, 4) is 0 Å². The number of fused-ring (bicyclic) bond motifs is 9. The Labute approximate surface area is 105 Å². The molecule has 4 fully saturated rings. The van der Waals surface area contributed by atoms with Crippen LogP contribution in [0.5, 0.6) is 0 Å².